The summed E-state index contributed by atoms with van der Waals surface area (Å²) < 4.78 is 45.4. The quantitative estimate of drug-likeness (QED) is 0.850. The Morgan fingerprint density at radius 3 is 2.47 bits per heavy atom. The lowest BCUT2D eigenvalue weighted by molar-refractivity contribution is 0.114. The minimum absolute atomic E-state index is 0.102. The number of ether oxygens (including phenoxy) is 1. The van der Waals surface area contributed by atoms with Crippen molar-refractivity contribution in [3.05, 3.63) is 29.6 Å². The lowest BCUT2D eigenvalue weighted by atomic mass is 9.97. The fourth-order valence-corrected chi connectivity index (χ4v) is 2.71. The Bertz CT molecular complexity index is 470. The number of hydrogen-bond acceptors (Lipinski definition) is 2. The normalized spacial score (nSPS) is 24.5. The average molecular weight is 271 g/mol. The summed E-state index contributed by atoms with van der Waals surface area (Å²) in [6.07, 6.45) is 3.00. The smallest absolute Gasteiger partial charge is 0.203 e. The van der Waals surface area contributed by atoms with Crippen molar-refractivity contribution in [1.29, 1.82) is 0 Å². The molecule has 0 radical (unpaired) electrons. The van der Waals surface area contributed by atoms with Crippen LogP contribution in [-0.2, 0) is 0 Å². The lowest BCUT2D eigenvalue weighted by Gasteiger charge is -2.24. The maximum Gasteiger partial charge on any atom is 0.203 e. The van der Waals surface area contributed by atoms with Crippen LogP contribution in [0.1, 0.15) is 19.3 Å². The summed E-state index contributed by atoms with van der Waals surface area (Å²) in [5.74, 6) is -3.32. The van der Waals surface area contributed by atoms with Gasteiger partial charge in [-0.15, -0.1) is 0 Å². The second-order valence-electron chi connectivity index (χ2n) is 5.35. The first-order chi connectivity index (χ1) is 9.16. The van der Waals surface area contributed by atoms with Crippen LogP contribution >= 0.6 is 0 Å². The molecule has 3 rings (SSSR count). The van der Waals surface area contributed by atoms with Gasteiger partial charge in [-0.25, -0.2) is 8.78 Å². The standard InChI is InChI=1S/C14H16F3NO/c15-10-3-4-11(13(17)12(10)16)19-14(8-1-2-8)9-5-6-18-7-9/h3-4,8-9,14,18H,1-2,5-7H2/t9-,14?/m0/s1. The zero-order valence-corrected chi connectivity index (χ0v) is 10.5. The van der Waals surface area contributed by atoms with Gasteiger partial charge in [-0.05, 0) is 43.9 Å². The van der Waals surface area contributed by atoms with Gasteiger partial charge in [0.05, 0.1) is 0 Å². The highest BCUT2D eigenvalue weighted by Gasteiger charge is 2.40. The fourth-order valence-electron chi connectivity index (χ4n) is 2.71. The lowest BCUT2D eigenvalue weighted by Crippen LogP contribution is -2.31. The van der Waals surface area contributed by atoms with E-state index >= 15 is 0 Å². The van der Waals surface area contributed by atoms with Crippen molar-refractivity contribution in [3.8, 4) is 5.75 Å². The Morgan fingerprint density at radius 1 is 1.05 bits per heavy atom. The Morgan fingerprint density at radius 2 is 1.84 bits per heavy atom. The van der Waals surface area contributed by atoms with E-state index in [2.05, 4.69) is 5.32 Å². The highest BCUT2D eigenvalue weighted by molar-refractivity contribution is 5.26. The molecule has 2 aliphatic rings. The number of rotatable bonds is 4. The van der Waals surface area contributed by atoms with Gasteiger partial charge < -0.3 is 10.1 Å². The number of halogens is 3. The molecule has 19 heavy (non-hydrogen) atoms. The van der Waals surface area contributed by atoms with Crippen LogP contribution in [0.2, 0.25) is 0 Å². The van der Waals surface area contributed by atoms with Gasteiger partial charge >= 0.3 is 0 Å². The largest absolute Gasteiger partial charge is 0.487 e. The van der Waals surface area contributed by atoms with Crippen molar-refractivity contribution in [2.45, 2.75) is 25.4 Å². The van der Waals surface area contributed by atoms with E-state index in [0.717, 1.165) is 38.4 Å². The van der Waals surface area contributed by atoms with Gasteiger partial charge in [-0.1, -0.05) is 0 Å². The Balaban J connectivity index is 1.80. The van der Waals surface area contributed by atoms with Crippen LogP contribution in [0, 0.1) is 29.3 Å². The van der Waals surface area contributed by atoms with Crippen molar-refractivity contribution < 1.29 is 17.9 Å². The highest BCUT2D eigenvalue weighted by Crippen LogP contribution is 2.40. The molecule has 1 aromatic rings. The number of nitrogens with one attached hydrogen (secondary N) is 1. The molecule has 1 N–H and O–H groups in total. The topological polar surface area (TPSA) is 21.3 Å². The molecule has 0 amide bonds. The van der Waals surface area contributed by atoms with E-state index in [1.54, 1.807) is 0 Å². The van der Waals surface area contributed by atoms with Crippen molar-refractivity contribution in [1.82, 2.24) is 5.32 Å². The summed E-state index contributed by atoms with van der Waals surface area (Å²) >= 11 is 0. The van der Waals surface area contributed by atoms with Gasteiger partial charge in [0.2, 0.25) is 5.82 Å². The predicted molar refractivity (Wildman–Crippen MR) is 64.4 cm³/mol. The summed E-state index contributed by atoms with van der Waals surface area (Å²) in [4.78, 5) is 0. The Labute approximate surface area is 109 Å². The molecule has 2 fully saturated rings. The van der Waals surface area contributed by atoms with Crippen LogP contribution in [0.3, 0.4) is 0 Å². The maximum atomic E-state index is 13.6. The summed E-state index contributed by atoms with van der Waals surface area (Å²) in [6.45, 7) is 1.77. The predicted octanol–water partition coefficient (Wildman–Crippen LogP) is 2.87. The fraction of sp³-hybridized carbons (Fsp3) is 0.571. The van der Waals surface area contributed by atoms with Crippen molar-refractivity contribution in [2.75, 3.05) is 13.1 Å². The minimum atomic E-state index is -1.46. The molecule has 2 nitrogen and oxygen atoms in total. The van der Waals surface area contributed by atoms with Crippen LogP contribution in [0.4, 0.5) is 13.2 Å². The van der Waals surface area contributed by atoms with Crippen molar-refractivity contribution in [3.63, 3.8) is 0 Å². The molecule has 1 saturated carbocycles. The van der Waals surface area contributed by atoms with Gasteiger partial charge in [0.1, 0.15) is 6.10 Å². The van der Waals surface area contributed by atoms with Crippen molar-refractivity contribution >= 4 is 0 Å². The van der Waals surface area contributed by atoms with Crippen molar-refractivity contribution in [2.24, 2.45) is 11.8 Å². The van der Waals surface area contributed by atoms with E-state index in [-0.39, 0.29) is 11.9 Å². The van der Waals surface area contributed by atoms with Gasteiger partial charge in [-0.3, -0.25) is 0 Å². The number of hydrogen-bond donors (Lipinski definition) is 1. The van der Waals surface area contributed by atoms with Crippen LogP contribution in [-0.4, -0.2) is 19.2 Å². The maximum absolute atomic E-state index is 13.6. The zero-order chi connectivity index (χ0) is 13.4. The molecule has 1 heterocycles. The van der Waals surface area contributed by atoms with E-state index in [0.29, 0.717) is 11.8 Å². The van der Waals surface area contributed by atoms with Crippen LogP contribution in [0.15, 0.2) is 12.1 Å². The van der Waals surface area contributed by atoms with E-state index in [1.807, 2.05) is 0 Å². The third-order valence-corrected chi connectivity index (χ3v) is 3.91. The molecular formula is C14H16F3NO. The second kappa shape index (κ2) is 5.04. The average Bonchev–Trinajstić information content (AvgIpc) is 3.10. The van der Waals surface area contributed by atoms with Crippen LogP contribution in [0.25, 0.3) is 0 Å². The summed E-state index contributed by atoms with van der Waals surface area (Å²) in [5, 5.41) is 3.25. The van der Waals surface area contributed by atoms with Gasteiger partial charge in [-0.2, -0.15) is 4.39 Å². The first-order valence-electron chi connectivity index (χ1n) is 6.67. The molecule has 0 bridgehead atoms. The second-order valence-corrected chi connectivity index (χ2v) is 5.35. The minimum Gasteiger partial charge on any atom is -0.487 e. The third kappa shape index (κ3) is 2.56. The Hall–Kier alpha value is -1.23. The summed E-state index contributed by atoms with van der Waals surface area (Å²) in [5.41, 5.74) is 0. The van der Waals surface area contributed by atoms with E-state index < -0.39 is 17.5 Å². The monoisotopic (exact) mass is 271 g/mol. The first-order valence-corrected chi connectivity index (χ1v) is 6.67. The van der Waals surface area contributed by atoms with Gasteiger partial charge in [0, 0.05) is 12.5 Å². The molecule has 2 atom stereocenters. The molecular weight excluding hydrogens is 255 g/mol. The van der Waals surface area contributed by atoms with E-state index in [9.17, 15) is 13.2 Å². The first kappa shape index (κ1) is 12.8. The zero-order valence-electron chi connectivity index (χ0n) is 10.5. The molecule has 0 aromatic heterocycles. The van der Waals surface area contributed by atoms with E-state index in [4.69, 9.17) is 4.74 Å². The molecule has 1 aromatic carbocycles. The van der Waals surface area contributed by atoms with Gasteiger partial charge in [0.15, 0.2) is 17.4 Å². The highest BCUT2D eigenvalue weighted by atomic mass is 19.2. The molecule has 104 valence electrons. The molecule has 0 spiro atoms. The Kier molecular flexibility index (Phi) is 3.39. The molecule has 1 aliphatic carbocycles. The summed E-state index contributed by atoms with van der Waals surface area (Å²) in [6, 6.07) is 2.08. The molecule has 1 aliphatic heterocycles. The SMILES string of the molecule is Fc1ccc(OC(C2CC2)[C@H]2CCNC2)c(F)c1F. The third-order valence-electron chi connectivity index (χ3n) is 3.91. The van der Waals surface area contributed by atoms with E-state index in [1.165, 1.54) is 6.07 Å². The number of benzene rings is 1. The molecule has 5 heteroatoms. The molecule has 1 unspecified atom stereocenters. The van der Waals surface area contributed by atoms with Crippen LogP contribution in [0.5, 0.6) is 5.75 Å². The summed E-state index contributed by atoms with van der Waals surface area (Å²) in [7, 11) is 0. The van der Waals surface area contributed by atoms with Crippen LogP contribution < -0.4 is 10.1 Å². The molecule has 1 saturated heterocycles. The van der Waals surface area contributed by atoms with Gasteiger partial charge in [0.25, 0.3) is 0 Å².